The monoisotopic (exact) mass is 354 g/mol. The highest BCUT2D eigenvalue weighted by Gasteiger charge is 2.34. The molecule has 1 aliphatic heterocycles. The van der Waals surface area contributed by atoms with Crippen LogP contribution in [0.4, 0.5) is 10.5 Å². The predicted octanol–water partition coefficient (Wildman–Crippen LogP) is 3.52. The molecule has 8 heteroatoms. The Labute approximate surface area is 146 Å². The fraction of sp³-hybridized carbons (Fsp3) is 0.0588. The molecule has 0 spiro atoms. The highest BCUT2D eigenvalue weighted by Crippen LogP contribution is 2.34. The Hall–Kier alpha value is -3.31. The third-order valence-electron chi connectivity index (χ3n) is 3.39. The first kappa shape index (κ1) is 16.5. The summed E-state index contributed by atoms with van der Waals surface area (Å²) >= 11 is 0.764. The number of rotatable bonds is 4. The van der Waals surface area contributed by atoms with Crippen LogP contribution in [0, 0.1) is 22.5 Å². The van der Waals surface area contributed by atoms with Gasteiger partial charge < -0.3 is 4.42 Å². The van der Waals surface area contributed by atoms with Crippen molar-refractivity contribution in [2.45, 2.75) is 0 Å². The Morgan fingerprint density at radius 1 is 1.28 bits per heavy atom. The van der Waals surface area contributed by atoms with Crippen LogP contribution in [-0.2, 0) is 4.79 Å². The zero-order valence-electron chi connectivity index (χ0n) is 12.7. The fourth-order valence-electron chi connectivity index (χ4n) is 2.27. The summed E-state index contributed by atoms with van der Waals surface area (Å²) in [4.78, 5) is 35.6. The van der Waals surface area contributed by atoms with E-state index in [9.17, 15) is 19.7 Å². The molecule has 0 bridgehead atoms. The summed E-state index contributed by atoms with van der Waals surface area (Å²) in [5.41, 5.74) is 0.241. The van der Waals surface area contributed by atoms with E-state index in [1.54, 1.807) is 30.3 Å². The number of hydrogen-bond acceptors (Lipinski definition) is 6. The molecule has 1 saturated heterocycles. The number of nitrogens with zero attached hydrogens (tertiary/aromatic N) is 2. The van der Waals surface area contributed by atoms with Gasteiger partial charge in [-0.05, 0) is 30.0 Å². The van der Waals surface area contributed by atoms with E-state index in [2.05, 4.69) is 5.92 Å². The van der Waals surface area contributed by atoms with Crippen LogP contribution in [0.1, 0.15) is 5.76 Å². The Morgan fingerprint density at radius 2 is 2.04 bits per heavy atom. The topological polar surface area (TPSA) is 93.7 Å². The van der Waals surface area contributed by atoms with Gasteiger partial charge in [0.1, 0.15) is 11.5 Å². The minimum Gasteiger partial charge on any atom is -0.456 e. The zero-order chi connectivity index (χ0) is 18.0. The molecular weight excluding hydrogens is 344 g/mol. The normalized spacial score (nSPS) is 15.6. The summed E-state index contributed by atoms with van der Waals surface area (Å²) in [6.07, 6.45) is 6.56. The van der Waals surface area contributed by atoms with Crippen molar-refractivity contribution in [2.24, 2.45) is 0 Å². The summed E-state index contributed by atoms with van der Waals surface area (Å²) in [5, 5.41) is 10.7. The average Bonchev–Trinajstić information content (AvgIpc) is 3.16. The maximum absolute atomic E-state index is 12.1. The van der Waals surface area contributed by atoms with Crippen LogP contribution in [0.15, 0.2) is 45.7 Å². The lowest BCUT2D eigenvalue weighted by molar-refractivity contribution is -0.384. The lowest BCUT2D eigenvalue weighted by atomic mass is 10.1. The summed E-state index contributed by atoms with van der Waals surface area (Å²) in [6.45, 7) is -0.0956. The van der Waals surface area contributed by atoms with E-state index in [0.29, 0.717) is 17.1 Å². The van der Waals surface area contributed by atoms with Gasteiger partial charge in [0.15, 0.2) is 0 Å². The number of hydrogen-bond donors (Lipinski definition) is 0. The average molecular weight is 354 g/mol. The van der Waals surface area contributed by atoms with Crippen LogP contribution in [0.5, 0.6) is 0 Å². The maximum Gasteiger partial charge on any atom is 0.294 e. The van der Waals surface area contributed by atoms with E-state index in [0.717, 1.165) is 16.7 Å². The number of carbonyl (C=O) groups is 2. The molecule has 2 heterocycles. The van der Waals surface area contributed by atoms with Gasteiger partial charge in [-0.25, -0.2) is 0 Å². The largest absolute Gasteiger partial charge is 0.456 e. The molecular formula is C17H10N2O5S. The van der Waals surface area contributed by atoms with Gasteiger partial charge in [0.05, 0.1) is 21.9 Å². The van der Waals surface area contributed by atoms with Crippen molar-refractivity contribution < 1.29 is 18.9 Å². The molecule has 124 valence electrons. The number of terminal acetylenes is 1. The summed E-state index contributed by atoms with van der Waals surface area (Å²) in [7, 11) is 0. The van der Waals surface area contributed by atoms with Crippen LogP contribution >= 0.6 is 11.8 Å². The van der Waals surface area contributed by atoms with Crippen LogP contribution < -0.4 is 0 Å². The first-order valence-corrected chi connectivity index (χ1v) is 7.85. The van der Waals surface area contributed by atoms with Crippen LogP contribution in [0.3, 0.4) is 0 Å². The first-order valence-electron chi connectivity index (χ1n) is 7.03. The number of para-hydroxylation sites is 1. The summed E-state index contributed by atoms with van der Waals surface area (Å²) in [6, 6.07) is 9.31. The standard InChI is InChI=1S/C17H10N2O5S/c1-2-9-18-16(20)15(25-17(18)21)10-11-7-8-14(24-11)12-5-3-4-6-13(12)19(22)23/h1,3-8,10H,9H2. The number of amides is 2. The molecule has 0 aliphatic carbocycles. The maximum atomic E-state index is 12.1. The fourth-order valence-corrected chi connectivity index (χ4v) is 3.09. The van der Waals surface area contributed by atoms with Crippen molar-refractivity contribution >= 4 is 34.7 Å². The number of imide groups is 1. The van der Waals surface area contributed by atoms with Crippen molar-refractivity contribution in [2.75, 3.05) is 6.54 Å². The predicted molar refractivity (Wildman–Crippen MR) is 92.3 cm³/mol. The van der Waals surface area contributed by atoms with Gasteiger partial charge >= 0.3 is 0 Å². The highest BCUT2D eigenvalue weighted by molar-refractivity contribution is 8.18. The van der Waals surface area contributed by atoms with E-state index in [1.165, 1.54) is 12.1 Å². The number of thioether (sulfide) groups is 1. The van der Waals surface area contributed by atoms with E-state index >= 15 is 0 Å². The van der Waals surface area contributed by atoms with E-state index in [1.807, 2.05) is 0 Å². The molecule has 25 heavy (non-hydrogen) atoms. The quantitative estimate of drug-likeness (QED) is 0.361. The minimum atomic E-state index is -0.497. The lowest BCUT2D eigenvalue weighted by Crippen LogP contribution is -2.28. The second-order valence-corrected chi connectivity index (χ2v) is 5.94. The summed E-state index contributed by atoms with van der Waals surface area (Å²) in [5.74, 6) is 2.36. The molecule has 7 nitrogen and oxygen atoms in total. The Bertz CT molecular complexity index is 954. The molecule has 1 aromatic carbocycles. The van der Waals surface area contributed by atoms with E-state index in [-0.39, 0.29) is 17.1 Å². The van der Waals surface area contributed by atoms with E-state index in [4.69, 9.17) is 10.8 Å². The van der Waals surface area contributed by atoms with Gasteiger partial charge in [0.2, 0.25) is 0 Å². The molecule has 0 N–H and O–H groups in total. The Balaban J connectivity index is 1.91. The number of nitro groups is 1. The number of furan rings is 1. The molecule has 3 rings (SSSR count). The molecule has 2 aromatic rings. The molecule has 0 atom stereocenters. The zero-order valence-corrected chi connectivity index (χ0v) is 13.5. The number of benzene rings is 1. The van der Waals surface area contributed by atoms with Crippen molar-refractivity contribution in [1.82, 2.24) is 4.90 Å². The molecule has 1 aliphatic rings. The van der Waals surface area contributed by atoms with Crippen LogP contribution in [-0.4, -0.2) is 27.5 Å². The third-order valence-corrected chi connectivity index (χ3v) is 4.30. The molecule has 0 saturated carbocycles. The third kappa shape index (κ3) is 3.18. The van der Waals surface area contributed by atoms with Gasteiger partial charge in [-0.15, -0.1) is 6.42 Å². The first-order chi connectivity index (χ1) is 12.0. The lowest BCUT2D eigenvalue weighted by Gasteiger charge is -2.06. The molecule has 2 amide bonds. The second kappa shape index (κ2) is 6.67. The SMILES string of the molecule is C#CCN1C(=O)SC(=Cc2ccc(-c3ccccc3[N+](=O)[O-])o2)C1=O. The molecule has 1 aromatic heterocycles. The van der Waals surface area contributed by atoms with Crippen LogP contribution in [0.2, 0.25) is 0 Å². The van der Waals surface area contributed by atoms with Crippen molar-refractivity contribution in [3.8, 4) is 23.7 Å². The van der Waals surface area contributed by atoms with Crippen LogP contribution in [0.25, 0.3) is 17.4 Å². The van der Waals surface area contributed by atoms with Gasteiger partial charge in [0, 0.05) is 12.1 Å². The Morgan fingerprint density at radius 3 is 2.76 bits per heavy atom. The van der Waals surface area contributed by atoms with Crippen molar-refractivity contribution in [3.63, 3.8) is 0 Å². The van der Waals surface area contributed by atoms with Gasteiger partial charge in [-0.3, -0.25) is 24.6 Å². The van der Waals surface area contributed by atoms with Crippen molar-refractivity contribution in [3.05, 3.63) is 57.2 Å². The molecule has 0 unspecified atom stereocenters. The van der Waals surface area contributed by atoms with Crippen molar-refractivity contribution in [1.29, 1.82) is 0 Å². The van der Waals surface area contributed by atoms with Gasteiger partial charge in [0.25, 0.3) is 16.8 Å². The van der Waals surface area contributed by atoms with E-state index < -0.39 is 16.1 Å². The Kier molecular flexibility index (Phi) is 4.41. The highest BCUT2D eigenvalue weighted by atomic mass is 32.2. The second-order valence-electron chi connectivity index (χ2n) is 4.95. The van der Waals surface area contributed by atoms with Gasteiger partial charge in [-0.2, -0.15) is 0 Å². The number of carbonyl (C=O) groups excluding carboxylic acids is 2. The smallest absolute Gasteiger partial charge is 0.294 e. The molecule has 1 fully saturated rings. The number of nitro benzene ring substituents is 1. The van der Waals surface area contributed by atoms with Gasteiger partial charge in [-0.1, -0.05) is 18.1 Å². The minimum absolute atomic E-state index is 0.0854. The molecule has 0 radical (unpaired) electrons. The summed E-state index contributed by atoms with van der Waals surface area (Å²) < 4.78 is 5.58.